The van der Waals surface area contributed by atoms with Gasteiger partial charge in [-0.3, -0.25) is 4.79 Å². The highest BCUT2D eigenvalue weighted by molar-refractivity contribution is 9.10. The number of carbonyl (C=O) groups is 1. The van der Waals surface area contributed by atoms with Crippen molar-refractivity contribution in [1.82, 2.24) is 0 Å². The Bertz CT molecular complexity index is 314. The minimum Gasteiger partial charge on any atom is -0.293 e. The summed E-state index contributed by atoms with van der Waals surface area (Å²) in [7, 11) is 0. The fourth-order valence-corrected chi connectivity index (χ4v) is 1.15. The summed E-state index contributed by atoms with van der Waals surface area (Å²) in [6.45, 7) is 0. The van der Waals surface area contributed by atoms with E-state index < -0.39 is 5.82 Å². The van der Waals surface area contributed by atoms with Crippen molar-refractivity contribution < 1.29 is 9.18 Å². The molecule has 0 bridgehead atoms. The molecule has 0 aliphatic carbocycles. The van der Waals surface area contributed by atoms with Crippen molar-refractivity contribution in [2.75, 3.05) is 5.88 Å². The molecule has 1 nitrogen and oxygen atoms in total. The van der Waals surface area contributed by atoms with E-state index in [0.29, 0.717) is 10.0 Å². The lowest BCUT2D eigenvalue weighted by Crippen LogP contribution is -2.00. The molecule has 0 aromatic heterocycles. The van der Waals surface area contributed by atoms with Gasteiger partial charge >= 0.3 is 0 Å². The van der Waals surface area contributed by atoms with Gasteiger partial charge in [0.15, 0.2) is 5.78 Å². The molecule has 4 heteroatoms. The quantitative estimate of drug-likeness (QED) is 0.583. The molecule has 0 spiro atoms. The highest BCUT2D eigenvalue weighted by Gasteiger charge is 2.06. The van der Waals surface area contributed by atoms with Crippen molar-refractivity contribution >= 4 is 33.3 Å². The van der Waals surface area contributed by atoms with E-state index in [0.717, 1.165) is 6.07 Å². The molecule has 0 atom stereocenters. The molecule has 0 radical (unpaired) electrons. The molecule has 0 saturated heterocycles. The van der Waals surface area contributed by atoms with Crippen molar-refractivity contribution in [2.45, 2.75) is 0 Å². The van der Waals surface area contributed by atoms with Crippen LogP contribution in [0, 0.1) is 5.82 Å². The second kappa shape index (κ2) is 4.01. The maximum absolute atomic E-state index is 12.8. The van der Waals surface area contributed by atoms with Gasteiger partial charge in [0.05, 0.1) is 10.4 Å². The van der Waals surface area contributed by atoms with Gasteiger partial charge in [0.1, 0.15) is 5.82 Å². The van der Waals surface area contributed by atoms with E-state index in [9.17, 15) is 9.18 Å². The first-order valence-electron chi connectivity index (χ1n) is 3.19. The third-order valence-corrected chi connectivity index (χ3v) is 2.25. The third-order valence-electron chi connectivity index (χ3n) is 1.36. The molecule has 12 heavy (non-hydrogen) atoms. The minimum absolute atomic E-state index is 0.124. The second-order valence-corrected chi connectivity index (χ2v) is 3.31. The van der Waals surface area contributed by atoms with Crippen LogP contribution < -0.4 is 0 Å². The zero-order valence-electron chi connectivity index (χ0n) is 5.98. The summed E-state index contributed by atoms with van der Waals surface area (Å²) in [5, 5.41) is 0. The molecule has 0 aliphatic heterocycles. The summed E-state index contributed by atoms with van der Waals surface area (Å²) in [5.74, 6) is -0.852. The highest BCUT2D eigenvalue weighted by atomic mass is 79.9. The summed E-state index contributed by atoms with van der Waals surface area (Å²) < 4.78 is 13.2. The summed E-state index contributed by atoms with van der Waals surface area (Å²) in [4.78, 5) is 11.0. The Morgan fingerprint density at radius 1 is 1.58 bits per heavy atom. The zero-order chi connectivity index (χ0) is 9.14. The predicted molar refractivity (Wildman–Crippen MR) is 49.2 cm³/mol. The maximum atomic E-state index is 12.8. The minimum atomic E-state index is -0.453. The van der Waals surface area contributed by atoms with Crippen LogP contribution in [0.15, 0.2) is 22.7 Å². The van der Waals surface area contributed by atoms with E-state index in [-0.39, 0.29) is 11.7 Å². The zero-order valence-corrected chi connectivity index (χ0v) is 8.32. The molecule has 64 valence electrons. The lowest BCUT2D eigenvalue weighted by atomic mass is 10.1. The smallest absolute Gasteiger partial charge is 0.177 e. The third kappa shape index (κ3) is 2.05. The van der Waals surface area contributed by atoms with Crippen LogP contribution in [0.1, 0.15) is 10.4 Å². The Morgan fingerprint density at radius 3 is 2.75 bits per heavy atom. The van der Waals surface area contributed by atoms with Crippen molar-refractivity contribution in [3.63, 3.8) is 0 Å². The van der Waals surface area contributed by atoms with Gasteiger partial charge in [-0.1, -0.05) is 6.07 Å². The number of alkyl halides is 1. The number of Topliss-reactive ketones (excluding diaryl/α,β-unsaturated/α-hetero) is 1. The fourth-order valence-electron chi connectivity index (χ4n) is 0.747. The average molecular weight is 251 g/mol. The molecule has 0 fully saturated rings. The van der Waals surface area contributed by atoms with E-state index in [1.54, 1.807) is 0 Å². The van der Waals surface area contributed by atoms with Gasteiger partial charge in [-0.05, 0) is 28.1 Å². The summed E-state index contributed by atoms with van der Waals surface area (Å²) in [6.07, 6.45) is 0. The van der Waals surface area contributed by atoms with E-state index in [2.05, 4.69) is 15.9 Å². The van der Waals surface area contributed by atoms with Gasteiger partial charge in [-0.25, -0.2) is 4.39 Å². The van der Waals surface area contributed by atoms with Gasteiger partial charge in [0, 0.05) is 5.56 Å². The number of hydrogen-bond acceptors (Lipinski definition) is 1. The number of hydrogen-bond donors (Lipinski definition) is 0. The lowest BCUT2D eigenvalue weighted by molar-refractivity contribution is 0.102. The highest BCUT2D eigenvalue weighted by Crippen LogP contribution is 2.16. The summed E-state index contributed by atoms with van der Waals surface area (Å²) in [6, 6.07) is 4.17. The van der Waals surface area contributed by atoms with Gasteiger partial charge in [-0.2, -0.15) is 0 Å². The van der Waals surface area contributed by atoms with Crippen molar-refractivity contribution in [3.05, 3.63) is 34.1 Å². The number of benzene rings is 1. The normalized spacial score (nSPS) is 9.92. The summed E-state index contributed by atoms with van der Waals surface area (Å²) in [5.41, 5.74) is 0.297. The van der Waals surface area contributed by atoms with Gasteiger partial charge < -0.3 is 0 Å². The molecular formula is C8H5BrClFO. The van der Waals surface area contributed by atoms with Crippen LogP contribution in [-0.2, 0) is 0 Å². The van der Waals surface area contributed by atoms with E-state index in [1.165, 1.54) is 12.1 Å². The Balaban J connectivity index is 3.05. The molecule has 0 N–H and O–H groups in total. The van der Waals surface area contributed by atoms with Crippen molar-refractivity contribution in [3.8, 4) is 0 Å². The molecule has 0 heterocycles. The molecule has 1 aromatic rings. The fraction of sp³-hybridized carbons (Fsp3) is 0.125. The topological polar surface area (TPSA) is 17.1 Å². The van der Waals surface area contributed by atoms with Gasteiger partial charge in [-0.15, -0.1) is 11.6 Å². The van der Waals surface area contributed by atoms with Crippen molar-refractivity contribution in [1.29, 1.82) is 0 Å². The predicted octanol–water partition coefficient (Wildman–Crippen LogP) is 3.01. The largest absolute Gasteiger partial charge is 0.293 e. The van der Waals surface area contributed by atoms with Crippen LogP contribution in [0.25, 0.3) is 0 Å². The Labute approximate surface area is 82.7 Å². The van der Waals surface area contributed by atoms with Crippen LogP contribution in [0.2, 0.25) is 0 Å². The SMILES string of the molecule is O=C(CCl)c1ccc(Br)c(F)c1. The Morgan fingerprint density at radius 2 is 2.25 bits per heavy atom. The Hall–Kier alpha value is -0.410. The summed E-state index contributed by atoms with van der Waals surface area (Å²) >= 11 is 8.28. The van der Waals surface area contributed by atoms with Crippen molar-refractivity contribution in [2.24, 2.45) is 0 Å². The number of ketones is 1. The Kier molecular flexibility index (Phi) is 3.23. The van der Waals surface area contributed by atoms with Crippen LogP contribution in [0.5, 0.6) is 0 Å². The van der Waals surface area contributed by atoms with E-state index >= 15 is 0 Å². The first-order chi connectivity index (χ1) is 5.65. The molecule has 1 rings (SSSR count). The molecule has 0 amide bonds. The maximum Gasteiger partial charge on any atom is 0.177 e. The van der Waals surface area contributed by atoms with Crippen LogP contribution >= 0.6 is 27.5 Å². The number of carbonyl (C=O) groups excluding carboxylic acids is 1. The molecule has 1 aromatic carbocycles. The molecule has 0 saturated carbocycles. The van der Waals surface area contributed by atoms with Crippen LogP contribution in [-0.4, -0.2) is 11.7 Å². The number of halogens is 3. The molecular weight excluding hydrogens is 246 g/mol. The van der Waals surface area contributed by atoms with Crippen LogP contribution in [0.4, 0.5) is 4.39 Å². The monoisotopic (exact) mass is 250 g/mol. The second-order valence-electron chi connectivity index (χ2n) is 2.19. The molecule has 0 unspecified atom stereocenters. The standard InChI is InChI=1S/C8H5BrClFO/c9-6-2-1-5(3-7(6)11)8(12)4-10/h1-3H,4H2. The molecule has 0 aliphatic rings. The van der Waals surface area contributed by atoms with Gasteiger partial charge in [0.25, 0.3) is 0 Å². The van der Waals surface area contributed by atoms with E-state index in [4.69, 9.17) is 11.6 Å². The lowest BCUT2D eigenvalue weighted by Gasteiger charge is -1.97. The van der Waals surface area contributed by atoms with Crippen LogP contribution in [0.3, 0.4) is 0 Å². The average Bonchev–Trinajstić information content (AvgIpc) is 2.08. The number of rotatable bonds is 2. The van der Waals surface area contributed by atoms with E-state index in [1.807, 2.05) is 0 Å². The first-order valence-corrected chi connectivity index (χ1v) is 4.52. The first kappa shape index (κ1) is 9.68. The van der Waals surface area contributed by atoms with Gasteiger partial charge in [0.2, 0.25) is 0 Å².